The largest absolute Gasteiger partial charge is 0.280 e. The lowest BCUT2D eigenvalue weighted by Crippen LogP contribution is -2.29. The summed E-state index contributed by atoms with van der Waals surface area (Å²) in [5.41, 5.74) is 1.45. The van der Waals surface area contributed by atoms with Crippen molar-refractivity contribution in [2.24, 2.45) is 0 Å². The van der Waals surface area contributed by atoms with E-state index in [0.717, 1.165) is 0 Å². The van der Waals surface area contributed by atoms with Crippen LogP contribution < -0.4 is 4.72 Å². The molecular weight excluding hydrogens is 410 g/mol. The molecule has 0 amide bonds. The van der Waals surface area contributed by atoms with E-state index in [2.05, 4.69) is 9.82 Å². The summed E-state index contributed by atoms with van der Waals surface area (Å²) in [5, 5.41) is 4.40. The van der Waals surface area contributed by atoms with Gasteiger partial charge in [0.05, 0.1) is 27.4 Å². The zero-order valence-electron chi connectivity index (χ0n) is 18.4. The summed E-state index contributed by atoms with van der Waals surface area (Å²) in [6, 6.07) is 6.47. The van der Waals surface area contributed by atoms with Crippen molar-refractivity contribution in [3.63, 3.8) is 0 Å². The molecule has 0 spiro atoms. The molecule has 0 atom stereocenters. The second kappa shape index (κ2) is 7.43. The Morgan fingerprint density at radius 3 is 2.07 bits per heavy atom. The summed E-state index contributed by atoms with van der Waals surface area (Å²) in [6.45, 7) is 14.2. The predicted molar refractivity (Wildman–Crippen MR) is 116 cm³/mol. The maximum absolute atomic E-state index is 13.1. The molecule has 9 heteroatoms. The number of aromatic nitrogens is 2. The monoisotopic (exact) mass is 441 g/mol. The number of rotatable bonds is 5. The van der Waals surface area contributed by atoms with Gasteiger partial charge in [-0.2, -0.15) is 5.10 Å². The highest BCUT2D eigenvalue weighted by Gasteiger charge is 2.30. The van der Waals surface area contributed by atoms with E-state index in [1.807, 2.05) is 20.8 Å². The molecule has 29 heavy (non-hydrogen) atoms. The molecule has 0 bridgehead atoms. The molecule has 0 aliphatic heterocycles. The van der Waals surface area contributed by atoms with Gasteiger partial charge in [0.1, 0.15) is 4.90 Å². The summed E-state index contributed by atoms with van der Waals surface area (Å²) in [5.74, 6) is -0.161. The average Bonchev–Trinajstić information content (AvgIpc) is 2.81. The minimum atomic E-state index is -3.89. The van der Waals surface area contributed by atoms with Crippen molar-refractivity contribution in [2.75, 3.05) is 4.72 Å². The Hall–Kier alpha value is -1.87. The fraction of sp³-hybridized carbons (Fsp3) is 0.550. The lowest BCUT2D eigenvalue weighted by atomic mass is 10.1. The van der Waals surface area contributed by atoms with Crippen LogP contribution in [0.3, 0.4) is 0 Å². The fourth-order valence-corrected chi connectivity index (χ4v) is 5.53. The van der Waals surface area contributed by atoms with E-state index in [0.29, 0.717) is 22.6 Å². The minimum absolute atomic E-state index is 0.139. The maximum Gasteiger partial charge on any atom is 0.265 e. The van der Waals surface area contributed by atoms with Gasteiger partial charge in [0.25, 0.3) is 10.0 Å². The van der Waals surface area contributed by atoms with Crippen molar-refractivity contribution in [2.45, 2.75) is 76.3 Å². The van der Waals surface area contributed by atoms with E-state index in [1.165, 1.54) is 0 Å². The van der Waals surface area contributed by atoms with Crippen LogP contribution in [0, 0.1) is 13.8 Å². The number of sulfone groups is 1. The molecule has 0 saturated carbocycles. The number of nitrogens with one attached hydrogen (secondary N) is 1. The van der Waals surface area contributed by atoms with Crippen LogP contribution in [0.5, 0.6) is 0 Å². The van der Waals surface area contributed by atoms with Gasteiger partial charge in [0.2, 0.25) is 0 Å². The van der Waals surface area contributed by atoms with Crippen LogP contribution in [-0.4, -0.2) is 31.4 Å². The molecule has 0 fully saturated rings. The standard InChI is InChI=1S/C20H31N3O4S2/c1-14-18(15(2)23(21-14)19(3,4)5)29(26,27)22-17-11-9-10-16(12-17)13-28(24,25)20(6,7)8/h9-12,22H,13H2,1-8H3. The molecule has 2 rings (SSSR count). The minimum Gasteiger partial charge on any atom is -0.280 e. The normalized spacial score (nSPS) is 13.5. The van der Waals surface area contributed by atoms with Gasteiger partial charge in [-0.1, -0.05) is 12.1 Å². The quantitative estimate of drug-likeness (QED) is 0.762. The van der Waals surface area contributed by atoms with E-state index < -0.39 is 24.6 Å². The molecule has 1 heterocycles. The third kappa shape index (κ3) is 5.01. The lowest BCUT2D eigenvalue weighted by Gasteiger charge is -2.21. The molecule has 2 aromatic rings. The molecule has 162 valence electrons. The Bertz CT molecular complexity index is 1120. The first-order valence-electron chi connectivity index (χ1n) is 9.36. The van der Waals surface area contributed by atoms with E-state index in [-0.39, 0.29) is 16.2 Å². The Morgan fingerprint density at radius 2 is 1.59 bits per heavy atom. The van der Waals surface area contributed by atoms with Crippen molar-refractivity contribution in [1.82, 2.24) is 9.78 Å². The number of sulfonamides is 1. The number of anilines is 1. The first-order valence-corrected chi connectivity index (χ1v) is 12.5. The number of nitrogens with zero attached hydrogens (tertiary/aromatic N) is 2. The van der Waals surface area contributed by atoms with Crippen LogP contribution in [0.1, 0.15) is 58.5 Å². The van der Waals surface area contributed by atoms with Gasteiger partial charge in [-0.05, 0) is 73.1 Å². The predicted octanol–water partition coefficient (Wildman–Crippen LogP) is 3.77. The molecule has 0 saturated heterocycles. The zero-order valence-corrected chi connectivity index (χ0v) is 20.0. The number of hydrogen-bond acceptors (Lipinski definition) is 5. The van der Waals surface area contributed by atoms with E-state index in [4.69, 9.17) is 0 Å². The molecule has 0 radical (unpaired) electrons. The summed E-state index contributed by atoms with van der Waals surface area (Å²) < 4.78 is 54.4. The van der Waals surface area contributed by atoms with Crippen molar-refractivity contribution >= 4 is 25.5 Å². The fourth-order valence-electron chi connectivity index (χ4n) is 3.04. The van der Waals surface area contributed by atoms with Gasteiger partial charge in [-0.25, -0.2) is 16.8 Å². The van der Waals surface area contributed by atoms with Gasteiger partial charge in [-0.3, -0.25) is 9.40 Å². The van der Waals surface area contributed by atoms with Crippen LogP contribution in [-0.2, 0) is 31.2 Å². The Morgan fingerprint density at radius 1 is 1.00 bits per heavy atom. The molecule has 1 aromatic heterocycles. The molecule has 1 aromatic carbocycles. The molecule has 0 aliphatic rings. The highest BCUT2D eigenvalue weighted by Crippen LogP contribution is 2.28. The SMILES string of the molecule is Cc1nn(C(C)(C)C)c(C)c1S(=O)(=O)Nc1cccc(CS(=O)(=O)C(C)(C)C)c1. The number of hydrogen-bond donors (Lipinski definition) is 1. The van der Waals surface area contributed by atoms with E-state index >= 15 is 0 Å². The highest BCUT2D eigenvalue weighted by molar-refractivity contribution is 7.93. The number of benzene rings is 1. The van der Waals surface area contributed by atoms with Crippen molar-refractivity contribution in [1.29, 1.82) is 0 Å². The Kier molecular flexibility index (Phi) is 6.00. The zero-order chi connectivity index (χ0) is 22.4. The van der Waals surface area contributed by atoms with E-state index in [9.17, 15) is 16.8 Å². The van der Waals surface area contributed by atoms with Gasteiger partial charge in [0.15, 0.2) is 9.84 Å². The van der Waals surface area contributed by atoms with Crippen molar-refractivity contribution < 1.29 is 16.8 Å². The van der Waals surface area contributed by atoms with Crippen molar-refractivity contribution in [3.8, 4) is 0 Å². The van der Waals surface area contributed by atoms with Crippen LogP contribution in [0.4, 0.5) is 5.69 Å². The maximum atomic E-state index is 13.1. The molecule has 1 N–H and O–H groups in total. The second-order valence-corrected chi connectivity index (χ2v) is 13.6. The summed E-state index contributed by atoms with van der Waals surface area (Å²) >= 11 is 0. The third-order valence-electron chi connectivity index (χ3n) is 4.60. The van der Waals surface area contributed by atoms with Gasteiger partial charge in [0, 0.05) is 5.69 Å². The van der Waals surface area contributed by atoms with Crippen LogP contribution in [0.25, 0.3) is 0 Å². The summed E-state index contributed by atoms with van der Waals surface area (Å²) in [4.78, 5) is 0.139. The molecule has 0 aliphatic carbocycles. The highest BCUT2D eigenvalue weighted by atomic mass is 32.2. The second-order valence-electron chi connectivity index (χ2n) is 9.26. The van der Waals surface area contributed by atoms with Gasteiger partial charge >= 0.3 is 0 Å². The first-order chi connectivity index (χ1) is 13.0. The summed E-state index contributed by atoms with van der Waals surface area (Å²) in [7, 11) is -7.27. The van der Waals surface area contributed by atoms with Gasteiger partial charge < -0.3 is 0 Å². The number of aryl methyl sites for hydroxylation is 1. The Labute approximate surface area is 174 Å². The van der Waals surface area contributed by atoms with Crippen LogP contribution in [0.15, 0.2) is 29.2 Å². The topological polar surface area (TPSA) is 98.1 Å². The molecular formula is C20H31N3O4S2. The average molecular weight is 442 g/mol. The van der Waals surface area contributed by atoms with Crippen LogP contribution in [0.2, 0.25) is 0 Å². The van der Waals surface area contributed by atoms with Gasteiger partial charge in [-0.15, -0.1) is 0 Å². The third-order valence-corrected chi connectivity index (χ3v) is 8.81. The Balaban J connectivity index is 2.39. The lowest BCUT2D eigenvalue weighted by molar-refractivity contribution is 0.345. The molecule has 7 nitrogen and oxygen atoms in total. The van der Waals surface area contributed by atoms with Crippen molar-refractivity contribution in [3.05, 3.63) is 41.2 Å². The smallest absolute Gasteiger partial charge is 0.265 e. The molecule has 0 unspecified atom stereocenters. The summed E-state index contributed by atoms with van der Waals surface area (Å²) in [6.07, 6.45) is 0. The van der Waals surface area contributed by atoms with Crippen LogP contribution >= 0.6 is 0 Å². The first kappa shape index (κ1) is 23.4. The van der Waals surface area contributed by atoms with E-state index in [1.54, 1.807) is 63.6 Å².